The molecule has 1 atom stereocenters. The minimum Gasteiger partial charge on any atom is -0.478 e. The van der Waals surface area contributed by atoms with Gasteiger partial charge in [0.1, 0.15) is 0 Å². The molecule has 1 unspecified atom stereocenters. The number of unbranched alkanes of at least 4 members (excludes halogenated alkanes) is 4. The zero-order valence-electron chi connectivity index (χ0n) is 16.7. The number of carboxylic acids is 2. The number of carbonyl (C=O) groups is 2. The molecular weight excluding hydrogens is 328 g/mol. The molecule has 0 aromatic heterocycles. The Labute approximate surface area is 157 Å². The van der Waals surface area contributed by atoms with Crippen molar-refractivity contribution in [3.63, 3.8) is 0 Å². The van der Waals surface area contributed by atoms with Gasteiger partial charge in [0, 0.05) is 0 Å². The van der Waals surface area contributed by atoms with Crippen molar-refractivity contribution in [2.75, 3.05) is 0 Å². The Morgan fingerprint density at radius 1 is 0.923 bits per heavy atom. The molecule has 0 bridgehead atoms. The van der Waals surface area contributed by atoms with Crippen LogP contribution >= 0.6 is 0 Å². The summed E-state index contributed by atoms with van der Waals surface area (Å²) in [4.78, 5) is 23.3. The van der Waals surface area contributed by atoms with Crippen molar-refractivity contribution in [3.8, 4) is 0 Å². The fourth-order valence-corrected chi connectivity index (χ4v) is 3.42. The van der Waals surface area contributed by atoms with E-state index in [0.29, 0.717) is 12.0 Å². The van der Waals surface area contributed by atoms with Gasteiger partial charge in [0.25, 0.3) is 0 Å². The zero-order chi connectivity index (χ0) is 19.7. The fraction of sp³-hybridized carbons (Fsp3) is 0.636. The highest BCUT2D eigenvalue weighted by Gasteiger charge is 2.24. The first-order valence-electron chi connectivity index (χ1n) is 9.91. The Morgan fingerprint density at radius 3 is 2.08 bits per heavy atom. The van der Waals surface area contributed by atoms with Gasteiger partial charge in [-0.1, -0.05) is 65.9 Å². The first kappa shape index (κ1) is 22.2. The molecule has 0 aliphatic rings. The normalized spacial score (nSPS) is 12.3. The maximum atomic E-state index is 11.8. The van der Waals surface area contributed by atoms with Crippen LogP contribution in [0.25, 0.3) is 0 Å². The summed E-state index contributed by atoms with van der Waals surface area (Å²) >= 11 is 0. The Hall–Kier alpha value is -1.84. The lowest BCUT2D eigenvalue weighted by molar-refractivity contribution is 0.0650. The second-order valence-corrected chi connectivity index (χ2v) is 7.68. The molecule has 0 aliphatic heterocycles. The van der Waals surface area contributed by atoms with Crippen molar-refractivity contribution in [3.05, 3.63) is 34.4 Å². The summed E-state index contributed by atoms with van der Waals surface area (Å²) in [5.41, 5.74) is 1.58. The molecule has 1 aromatic carbocycles. The smallest absolute Gasteiger partial charge is 0.336 e. The quantitative estimate of drug-likeness (QED) is 0.438. The topological polar surface area (TPSA) is 74.6 Å². The second kappa shape index (κ2) is 11.0. The molecule has 4 heteroatoms. The van der Waals surface area contributed by atoms with Crippen LogP contribution in [0.15, 0.2) is 12.1 Å². The zero-order valence-corrected chi connectivity index (χ0v) is 16.7. The first-order chi connectivity index (χ1) is 12.3. The van der Waals surface area contributed by atoms with E-state index in [1.807, 2.05) is 6.07 Å². The summed E-state index contributed by atoms with van der Waals surface area (Å²) < 4.78 is 0. The standard InChI is InChI=1S/C22H34O4/c1-5-16(4)17-13-14-19(21(23)24)20(22(25)26)18(17)12-10-8-6-7-9-11-15(2)3/h13-16H,5-12H2,1-4H3,(H,23,24)(H,25,26). The highest BCUT2D eigenvalue weighted by atomic mass is 16.4. The van der Waals surface area contributed by atoms with Crippen LogP contribution in [0.1, 0.15) is 110 Å². The molecule has 0 spiro atoms. The van der Waals surface area contributed by atoms with E-state index < -0.39 is 11.9 Å². The molecule has 0 aliphatic carbocycles. The lowest BCUT2D eigenvalue weighted by atomic mass is 9.85. The third-order valence-electron chi connectivity index (χ3n) is 5.14. The molecule has 1 rings (SSSR count). The molecule has 0 amide bonds. The van der Waals surface area contributed by atoms with Gasteiger partial charge in [-0.3, -0.25) is 0 Å². The summed E-state index contributed by atoms with van der Waals surface area (Å²) in [5, 5.41) is 19.0. The molecule has 0 saturated carbocycles. The van der Waals surface area contributed by atoms with E-state index in [-0.39, 0.29) is 17.0 Å². The van der Waals surface area contributed by atoms with Crippen molar-refractivity contribution in [2.45, 2.75) is 85.0 Å². The van der Waals surface area contributed by atoms with Crippen molar-refractivity contribution in [2.24, 2.45) is 5.92 Å². The summed E-state index contributed by atoms with van der Waals surface area (Å²) in [6.45, 7) is 8.60. The van der Waals surface area contributed by atoms with E-state index in [0.717, 1.165) is 37.2 Å². The van der Waals surface area contributed by atoms with E-state index in [9.17, 15) is 19.8 Å². The van der Waals surface area contributed by atoms with E-state index in [2.05, 4.69) is 27.7 Å². The third-order valence-corrected chi connectivity index (χ3v) is 5.14. The first-order valence-corrected chi connectivity index (χ1v) is 9.91. The fourth-order valence-electron chi connectivity index (χ4n) is 3.42. The van der Waals surface area contributed by atoms with Crippen LogP contribution in [-0.4, -0.2) is 22.2 Å². The molecule has 26 heavy (non-hydrogen) atoms. The van der Waals surface area contributed by atoms with Crippen molar-refractivity contribution in [1.29, 1.82) is 0 Å². The maximum absolute atomic E-state index is 11.8. The number of benzene rings is 1. The van der Waals surface area contributed by atoms with Gasteiger partial charge in [0.05, 0.1) is 11.1 Å². The molecule has 2 N–H and O–H groups in total. The summed E-state index contributed by atoms with van der Waals surface area (Å²) in [6, 6.07) is 3.25. The molecule has 1 aromatic rings. The van der Waals surface area contributed by atoms with Crippen molar-refractivity contribution in [1.82, 2.24) is 0 Å². The van der Waals surface area contributed by atoms with Crippen LogP contribution in [0.2, 0.25) is 0 Å². The molecule has 0 radical (unpaired) electrons. The highest BCUT2D eigenvalue weighted by Crippen LogP contribution is 2.29. The molecule has 0 heterocycles. The van der Waals surface area contributed by atoms with Crippen molar-refractivity contribution >= 4 is 11.9 Å². The van der Waals surface area contributed by atoms with Gasteiger partial charge >= 0.3 is 11.9 Å². The predicted molar refractivity (Wildman–Crippen MR) is 105 cm³/mol. The monoisotopic (exact) mass is 362 g/mol. The van der Waals surface area contributed by atoms with Gasteiger partial charge in [0.2, 0.25) is 0 Å². The van der Waals surface area contributed by atoms with Crippen LogP contribution in [0.4, 0.5) is 0 Å². The molecule has 4 nitrogen and oxygen atoms in total. The average molecular weight is 363 g/mol. The van der Waals surface area contributed by atoms with Gasteiger partial charge in [-0.15, -0.1) is 0 Å². The van der Waals surface area contributed by atoms with E-state index in [1.54, 1.807) is 0 Å². The van der Waals surface area contributed by atoms with Crippen LogP contribution in [0.3, 0.4) is 0 Å². The number of aromatic carboxylic acids is 2. The summed E-state index contributed by atoms with van der Waals surface area (Å²) in [6.07, 6.45) is 8.32. The third kappa shape index (κ3) is 6.47. The van der Waals surface area contributed by atoms with Gasteiger partial charge < -0.3 is 10.2 Å². The van der Waals surface area contributed by atoms with Gasteiger partial charge in [-0.2, -0.15) is 0 Å². The lowest BCUT2D eigenvalue weighted by Gasteiger charge is -2.19. The van der Waals surface area contributed by atoms with E-state index >= 15 is 0 Å². The van der Waals surface area contributed by atoms with Crippen LogP contribution in [-0.2, 0) is 6.42 Å². The van der Waals surface area contributed by atoms with Crippen molar-refractivity contribution < 1.29 is 19.8 Å². The van der Waals surface area contributed by atoms with E-state index in [4.69, 9.17) is 0 Å². The number of hydrogen-bond acceptors (Lipinski definition) is 2. The molecular formula is C22H34O4. The van der Waals surface area contributed by atoms with Gasteiger partial charge in [-0.05, 0) is 48.3 Å². The SMILES string of the molecule is CCC(C)c1ccc(C(=O)O)c(C(=O)O)c1CCCCCCCC(C)C. The largest absolute Gasteiger partial charge is 0.478 e. The Balaban J connectivity index is 2.90. The highest BCUT2D eigenvalue weighted by molar-refractivity contribution is 6.03. The Kier molecular flexibility index (Phi) is 9.39. The van der Waals surface area contributed by atoms with E-state index in [1.165, 1.54) is 25.3 Å². The Bertz CT molecular complexity index is 604. The minimum atomic E-state index is -1.17. The second-order valence-electron chi connectivity index (χ2n) is 7.68. The number of carboxylic acid groups (broad SMARTS) is 2. The predicted octanol–water partition coefficient (Wildman–Crippen LogP) is 6.14. The molecule has 0 saturated heterocycles. The number of rotatable bonds is 12. The minimum absolute atomic E-state index is 0.0184. The number of hydrogen-bond donors (Lipinski definition) is 2. The molecule has 0 fully saturated rings. The summed E-state index contributed by atoms with van der Waals surface area (Å²) in [5.74, 6) is -1.35. The van der Waals surface area contributed by atoms with Crippen LogP contribution in [0, 0.1) is 5.92 Å². The van der Waals surface area contributed by atoms with Gasteiger partial charge in [0.15, 0.2) is 0 Å². The maximum Gasteiger partial charge on any atom is 0.336 e. The van der Waals surface area contributed by atoms with Crippen LogP contribution in [0.5, 0.6) is 0 Å². The van der Waals surface area contributed by atoms with Crippen LogP contribution < -0.4 is 0 Å². The lowest BCUT2D eigenvalue weighted by Crippen LogP contribution is -2.15. The van der Waals surface area contributed by atoms with Gasteiger partial charge in [-0.25, -0.2) is 9.59 Å². The Morgan fingerprint density at radius 2 is 1.54 bits per heavy atom. The summed E-state index contributed by atoms with van der Waals surface area (Å²) in [7, 11) is 0. The molecule has 146 valence electrons. The average Bonchev–Trinajstić information content (AvgIpc) is 2.58.